The molecule has 0 saturated heterocycles. The van der Waals surface area contributed by atoms with Gasteiger partial charge in [-0.05, 0) is 31.6 Å². The Morgan fingerprint density at radius 2 is 2.20 bits per heavy atom. The van der Waals surface area contributed by atoms with Crippen LogP contribution in [0.1, 0.15) is 38.2 Å². The second-order valence-electron chi connectivity index (χ2n) is 5.48. The van der Waals surface area contributed by atoms with Gasteiger partial charge in [0.25, 0.3) is 0 Å². The van der Waals surface area contributed by atoms with Crippen molar-refractivity contribution in [3.63, 3.8) is 0 Å². The first kappa shape index (κ1) is 14.4. The predicted molar refractivity (Wildman–Crippen MR) is 72.0 cm³/mol. The molecule has 7 nitrogen and oxygen atoms in total. The second-order valence-corrected chi connectivity index (χ2v) is 5.48. The van der Waals surface area contributed by atoms with Crippen LogP contribution in [-0.2, 0) is 11.3 Å². The van der Waals surface area contributed by atoms with Gasteiger partial charge in [-0.25, -0.2) is 9.59 Å². The van der Waals surface area contributed by atoms with Gasteiger partial charge in [0.15, 0.2) is 0 Å². The third-order valence-corrected chi connectivity index (χ3v) is 3.90. The van der Waals surface area contributed by atoms with E-state index in [1.165, 1.54) is 0 Å². The number of urea groups is 1. The molecule has 0 aromatic carbocycles. The quantitative estimate of drug-likeness (QED) is 0.665. The van der Waals surface area contributed by atoms with Crippen molar-refractivity contribution in [2.75, 3.05) is 0 Å². The Hall–Kier alpha value is -2.05. The average Bonchev–Trinajstić information content (AvgIpc) is 2.92. The summed E-state index contributed by atoms with van der Waals surface area (Å²) in [4.78, 5) is 23.4. The Morgan fingerprint density at radius 1 is 1.50 bits per heavy atom. The first-order valence-electron chi connectivity index (χ1n) is 6.79. The summed E-state index contributed by atoms with van der Waals surface area (Å²) in [5, 5.41) is 21.1. The molecule has 0 radical (unpaired) electrons. The van der Waals surface area contributed by atoms with Gasteiger partial charge in [-0.1, -0.05) is 6.92 Å². The maximum Gasteiger partial charge on any atom is 0.329 e. The van der Waals surface area contributed by atoms with E-state index in [0.717, 1.165) is 18.4 Å². The number of rotatable bonds is 4. The molecule has 2 rings (SSSR count). The molecular weight excluding hydrogens is 260 g/mol. The number of aliphatic carboxylic acids is 1. The van der Waals surface area contributed by atoms with Crippen LogP contribution in [0.15, 0.2) is 12.4 Å². The molecule has 110 valence electrons. The van der Waals surface area contributed by atoms with E-state index in [0.29, 0.717) is 25.3 Å². The van der Waals surface area contributed by atoms with Crippen LogP contribution < -0.4 is 10.6 Å². The van der Waals surface area contributed by atoms with Crippen LogP contribution in [-0.4, -0.2) is 32.8 Å². The van der Waals surface area contributed by atoms with Gasteiger partial charge in [-0.15, -0.1) is 0 Å². The summed E-state index contributed by atoms with van der Waals surface area (Å²) in [6, 6.07) is -0.455. The Bertz CT molecular complexity index is 464. The standard InChI is InChI=1S/C13H20N4O3/c1-9-2-4-13(5-3-9,11(18)19)17-12(20)14-6-10-7-15-16-8-10/h7-9H,2-6H2,1H3,(H,15,16)(H,18,19)(H2,14,17,20). The lowest BCUT2D eigenvalue weighted by Gasteiger charge is -2.36. The Balaban J connectivity index is 1.91. The average molecular weight is 280 g/mol. The molecule has 0 bridgehead atoms. The largest absolute Gasteiger partial charge is 0.480 e. The van der Waals surface area contributed by atoms with Crippen molar-refractivity contribution in [2.45, 2.75) is 44.7 Å². The van der Waals surface area contributed by atoms with Crippen molar-refractivity contribution in [3.05, 3.63) is 18.0 Å². The molecule has 20 heavy (non-hydrogen) atoms. The highest BCUT2D eigenvalue weighted by molar-refractivity contribution is 5.86. The number of aromatic nitrogens is 2. The van der Waals surface area contributed by atoms with E-state index in [-0.39, 0.29) is 0 Å². The van der Waals surface area contributed by atoms with Crippen LogP contribution in [0, 0.1) is 5.92 Å². The molecule has 1 heterocycles. The first-order chi connectivity index (χ1) is 9.52. The summed E-state index contributed by atoms with van der Waals surface area (Å²) in [7, 11) is 0. The minimum atomic E-state index is -1.13. The maximum absolute atomic E-state index is 11.9. The highest BCUT2D eigenvalue weighted by Gasteiger charge is 2.42. The first-order valence-corrected chi connectivity index (χ1v) is 6.79. The lowest BCUT2D eigenvalue weighted by atomic mass is 9.77. The summed E-state index contributed by atoms with van der Waals surface area (Å²) in [6.07, 6.45) is 5.86. The fraction of sp³-hybridized carbons (Fsp3) is 0.615. The number of carbonyl (C=O) groups excluding carboxylic acids is 1. The number of nitrogens with one attached hydrogen (secondary N) is 3. The fourth-order valence-corrected chi connectivity index (χ4v) is 2.47. The van der Waals surface area contributed by atoms with E-state index in [1.807, 2.05) is 0 Å². The van der Waals surface area contributed by atoms with E-state index >= 15 is 0 Å². The predicted octanol–water partition coefficient (Wildman–Crippen LogP) is 1.24. The molecule has 1 aromatic rings. The molecule has 2 amide bonds. The molecule has 0 aliphatic heterocycles. The summed E-state index contributed by atoms with van der Waals surface area (Å²) in [5.74, 6) is -0.443. The molecule has 1 saturated carbocycles. The SMILES string of the molecule is CC1CCC(NC(=O)NCc2cn[nH]c2)(C(=O)O)CC1. The number of nitrogens with zero attached hydrogens (tertiary/aromatic N) is 1. The molecule has 1 aliphatic rings. The van der Waals surface area contributed by atoms with E-state index in [9.17, 15) is 14.7 Å². The summed E-state index contributed by atoms with van der Waals surface area (Å²) < 4.78 is 0. The topological polar surface area (TPSA) is 107 Å². The molecule has 0 atom stereocenters. The molecule has 1 aromatic heterocycles. The molecule has 0 unspecified atom stereocenters. The molecule has 1 aliphatic carbocycles. The zero-order valence-electron chi connectivity index (χ0n) is 11.5. The van der Waals surface area contributed by atoms with E-state index in [4.69, 9.17) is 0 Å². The highest BCUT2D eigenvalue weighted by atomic mass is 16.4. The van der Waals surface area contributed by atoms with E-state index in [1.54, 1.807) is 12.4 Å². The van der Waals surface area contributed by atoms with Gasteiger partial charge < -0.3 is 15.7 Å². The number of hydrogen-bond acceptors (Lipinski definition) is 3. The van der Waals surface area contributed by atoms with Crippen molar-refractivity contribution in [1.29, 1.82) is 0 Å². The van der Waals surface area contributed by atoms with Crippen molar-refractivity contribution in [3.8, 4) is 0 Å². The third kappa shape index (κ3) is 3.28. The third-order valence-electron chi connectivity index (χ3n) is 3.90. The number of carboxylic acids is 1. The Morgan fingerprint density at radius 3 is 2.75 bits per heavy atom. The van der Waals surface area contributed by atoms with Crippen LogP contribution in [0.25, 0.3) is 0 Å². The number of amides is 2. The number of aromatic amines is 1. The van der Waals surface area contributed by atoms with Gasteiger partial charge in [-0.2, -0.15) is 5.10 Å². The normalized spacial score (nSPS) is 25.9. The number of carbonyl (C=O) groups is 2. The van der Waals surface area contributed by atoms with Crippen molar-refractivity contribution < 1.29 is 14.7 Å². The van der Waals surface area contributed by atoms with E-state index in [2.05, 4.69) is 27.8 Å². The van der Waals surface area contributed by atoms with Crippen LogP contribution in [0.2, 0.25) is 0 Å². The van der Waals surface area contributed by atoms with Crippen LogP contribution in [0.3, 0.4) is 0 Å². The summed E-state index contributed by atoms with van der Waals surface area (Å²) >= 11 is 0. The van der Waals surface area contributed by atoms with Crippen LogP contribution in [0.5, 0.6) is 0 Å². The lowest BCUT2D eigenvalue weighted by Crippen LogP contribution is -2.58. The summed E-state index contributed by atoms with van der Waals surface area (Å²) in [6.45, 7) is 2.42. The number of carboxylic acid groups (broad SMARTS) is 1. The number of H-pyrrole nitrogens is 1. The van der Waals surface area contributed by atoms with Crippen LogP contribution >= 0.6 is 0 Å². The fourth-order valence-electron chi connectivity index (χ4n) is 2.47. The molecule has 7 heteroatoms. The minimum absolute atomic E-state index is 0.314. The van der Waals surface area contributed by atoms with Gasteiger partial charge in [0, 0.05) is 18.3 Å². The minimum Gasteiger partial charge on any atom is -0.480 e. The Kier molecular flexibility index (Phi) is 4.26. The lowest BCUT2D eigenvalue weighted by molar-refractivity contribution is -0.146. The molecule has 0 spiro atoms. The summed E-state index contributed by atoms with van der Waals surface area (Å²) in [5.41, 5.74) is -0.297. The van der Waals surface area contributed by atoms with Crippen molar-refractivity contribution >= 4 is 12.0 Å². The smallest absolute Gasteiger partial charge is 0.329 e. The van der Waals surface area contributed by atoms with Crippen molar-refractivity contribution in [2.24, 2.45) is 5.92 Å². The monoisotopic (exact) mass is 280 g/mol. The van der Waals surface area contributed by atoms with Gasteiger partial charge in [0.1, 0.15) is 5.54 Å². The highest BCUT2D eigenvalue weighted by Crippen LogP contribution is 2.32. The second kappa shape index (κ2) is 5.94. The van der Waals surface area contributed by atoms with Crippen LogP contribution in [0.4, 0.5) is 4.79 Å². The van der Waals surface area contributed by atoms with E-state index < -0.39 is 17.5 Å². The molecule has 4 N–H and O–H groups in total. The van der Waals surface area contributed by atoms with Gasteiger partial charge in [0.2, 0.25) is 0 Å². The van der Waals surface area contributed by atoms with Gasteiger partial charge in [-0.3, -0.25) is 5.10 Å². The van der Waals surface area contributed by atoms with Gasteiger partial charge >= 0.3 is 12.0 Å². The Labute approximate surface area is 117 Å². The zero-order chi connectivity index (χ0) is 14.6. The maximum atomic E-state index is 11.9. The zero-order valence-corrected chi connectivity index (χ0v) is 11.5. The number of hydrogen-bond donors (Lipinski definition) is 4. The van der Waals surface area contributed by atoms with Gasteiger partial charge in [0.05, 0.1) is 6.20 Å². The molecule has 1 fully saturated rings. The molecular formula is C13H20N4O3. The van der Waals surface area contributed by atoms with Crippen molar-refractivity contribution in [1.82, 2.24) is 20.8 Å².